The van der Waals surface area contributed by atoms with Gasteiger partial charge in [-0.05, 0) is 29.7 Å². The smallest absolute Gasteiger partial charge is 0.452 e. The standard InChI is InChI=1S/C29H32F3N3O6/c1-17(2)26-28(39)35(22(15-34(26)18(3)36)20-11-12-23(40-4)24(14-20)41-5)16-25(37)33-21(27(38)29(30,31)32)13-19-9-7-6-8-10-19/h6-12,14-15,17,21,26H,13,16H2,1-5H3,(H,33,37)/t21-,26-/m0/s1. The van der Waals surface area contributed by atoms with Crippen LogP contribution >= 0.6 is 0 Å². The molecule has 0 radical (unpaired) electrons. The van der Waals surface area contributed by atoms with Crippen LogP contribution in [-0.4, -0.2) is 72.3 Å². The van der Waals surface area contributed by atoms with Crippen LogP contribution in [0.2, 0.25) is 0 Å². The summed E-state index contributed by atoms with van der Waals surface area (Å²) in [5, 5.41) is 2.18. The zero-order valence-electron chi connectivity index (χ0n) is 23.3. The van der Waals surface area contributed by atoms with Crippen LogP contribution in [0.5, 0.6) is 11.5 Å². The van der Waals surface area contributed by atoms with Gasteiger partial charge < -0.3 is 19.7 Å². The number of hydrogen-bond acceptors (Lipinski definition) is 6. The van der Waals surface area contributed by atoms with E-state index in [1.54, 1.807) is 62.4 Å². The molecule has 0 saturated heterocycles. The lowest BCUT2D eigenvalue weighted by molar-refractivity contribution is -0.173. The van der Waals surface area contributed by atoms with E-state index in [0.717, 1.165) is 4.90 Å². The van der Waals surface area contributed by atoms with Gasteiger partial charge in [-0.15, -0.1) is 0 Å². The Morgan fingerprint density at radius 3 is 2.17 bits per heavy atom. The molecule has 0 spiro atoms. The molecular weight excluding hydrogens is 543 g/mol. The number of ether oxygens (including phenoxy) is 2. The Bertz CT molecular complexity index is 1330. The van der Waals surface area contributed by atoms with Gasteiger partial charge in [0.15, 0.2) is 11.5 Å². The number of methoxy groups -OCH3 is 2. The Hall–Kier alpha value is -4.35. The van der Waals surface area contributed by atoms with E-state index in [1.807, 2.05) is 0 Å². The second-order valence-corrected chi connectivity index (χ2v) is 9.80. The van der Waals surface area contributed by atoms with Crippen LogP contribution in [0.3, 0.4) is 0 Å². The van der Waals surface area contributed by atoms with Crippen molar-refractivity contribution in [1.29, 1.82) is 0 Å². The van der Waals surface area contributed by atoms with Gasteiger partial charge in [-0.25, -0.2) is 0 Å². The van der Waals surface area contributed by atoms with Gasteiger partial charge in [0.05, 0.1) is 19.9 Å². The fourth-order valence-corrected chi connectivity index (χ4v) is 4.60. The molecule has 9 nitrogen and oxygen atoms in total. The molecule has 220 valence electrons. The minimum Gasteiger partial charge on any atom is -0.493 e. The van der Waals surface area contributed by atoms with E-state index >= 15 is 0 Å². The first-order valence-corrected chi connectivity index (χ1v) is 12.8. The highest BCUT2D eigenvalue weighted by Gasteiger charge is 2.45. The van der Waals surface area contributed by atoms with Crippen LogP contribution in [-0.2, 0) is 25.6 Å². The summed E-state index contributed by atoms with van der Waals surface area (Å²) in [5.74, 6) is -3.79. The zero-order valence-corrected chi connectivity index (χ0v) is 23.3. The highest BCUT2D eigenvalue weighted by molar-refractivity contribution is 6.00. The summed E-state index contributed by atoms with van der Waals surface area (Å²) in [6.07, 6.45) is -4.17. The van der Waals surface area contributed by atoms with Gasteiger partial charge in [0.25, 0.3) is 11.7 Å². The molecule has 41 heavy (non-hydrogen) atoms. The van der Waals surface area contributed by atoms with Crippen molar-refractivity contribution in [2.45, 2.75) is 45.5 Å². The molecule has 1 N–H and O–H groups in total. The van der Waals surface area contributed by atoms with Crippen LogP contribution in [0.4, 0.5) is 13.2 Å². The van der Waals surface area contributed by atoms with Crippen molar-refractivity contribution < 1.29 is 41.8 Å². The molecule has 1 heterocycles. The number of carbonyl (C=O) groups excluding carboxylic acids is 4. The Kier molecular flexibility index (Phi) is 9.79. The number of amides is 3. The number of Topliss-reactive ketones (excluding diaryl/α,β-unsaturated/α-hetero) is 1. The Morgan fingerprint density at radius 2 is 1.63 bits per heavy atom. The van der Waals surface area contributed by atoms with E-state index in [0.29, 0.717) is 22.6 Å². The molecule has 2 aromatic rings. The predicted octanol–water partition coefficient (Wildman–Crippen LogP) is 3.58. The van der Waals surface area contributed by atoms with Crippen molar-refractivity contribution >= 4 is 29.2 Å². The van der Waals surface area contributed by atoms with E-state index in [9.17, 15) is 32.3 Å². The fraction of sp³-hybridized carbons (Fsp3) is 0.379. The topological polar surface area (TPSA) is 105 Å². The number of alkyl halides is 3. The normalized spacial score (nSPS) is 16.3. The van der Waals surface area contributed by atoms with Crippen LogP contribution in [0.25, 0.3) is 5.70 Å². The molecule has 1 aliphatic heterocycles. The molecule has 2 aromatic carbocycles. The third-order valence-electron chi connectivity index (χ3n) is 6.56. The lowest BCUT2D eigenvalue weighted by Crippen LogP contribution is -2.57. The predicted molar refractivity (Wildman–Crippen MR) is 144 cm³/mol. The van der Waals surface area contributed by atoms with E-state index in [1.165, 1.54) is 32.2 Å². The van der Waals surface area contributed by atoms with Crippen LogP contribution in [0, 0.1) is 5.92 Å². The Labute approximate surface area is 235 Å². The fourth-order valence-electron chi connectivity index (χ4n) is 4.60. The van der Waals surface area contributed by atoms with E-state index < -0.39 is 54.7 Å². The van der Waals surface area contributed by atoms with Gasteiger partial charge in [-0.2, -0.15) is 13.2 Å². The number of ketones is 1. The van der Waals surface area contributed by atoms with Crippen molar-refractivity contribution in [2.24, 2.45) is 5.92 Å². The zero-order chi connectivity index (χ0) is 30.5. The Morgan fingerprint density at radius 1 is 1.00 bits per heavy atom. The molecule has 0 fully saturated rings. The largest absolute Gasteiger partial charge is 0.493 e. The van der Waals surface area contributed by atoms with Gasteiger partial charge in [0.1, 0.15) is 18.6 Å². The summed E-state index contributed by atoms with van der Waals surface area (Å²) in [5.41, 5.74) is 0.928. The first kappa shape index (κ1) is 31.2. The maximum absolute atomic E-state index is 13.8. The van der Waals surface area contributed by atoms with E-state index in [-0.39, 0.29) is 11.6 Å². The van der Waals surface area contributed by atoms with Crippen molar-refractivity contribution in [3.05, 3.63) is 65.9 Å². The van der Waals surface area contributed by atoms with Gasteiger partial charge >= 0.3 is 6.18 Å². The third-order valence-corrected chi connectivity index (χ3v) is 6.56. The van der Waals surface area contributed by atoms with Crippen molar-refractivity contribution in [3.63, 3.8) is 0 Å². The molecule has 0 saturated carbocycles. The van der Waals surface area contributed by atoms with Crippen molar-refractivity contribution in [2.75, 3.05) is 20.8 Å². The molecular formula is C29H32F3N3O6. The summed E-state index contributed by atoms with van der Waals surface area (Å²) < 4.78 is 50.9. The Balaban J connectivity index is 2.01. The number of nitrogens with zero attached hydrogens (tertiary/aromatic N) is 2. The van der Waals surface area contributed by atoms with E-state index in [4.69, 9.17) is 9.47 Å². The van der Waals surface area contributed by atoms with Crippen molar-refractivity contribution in [1.82, 2.24) is 15.1 Å². The minimum atomic E-state index is -5.19. The summed E-state index contributed by atoms with van der Waals surface area (Å²) in [6.45, 7) is 4.04. The number of nitrogens with one attached hydrogen (secondary N) is 1. The van der Waals surface area contributed by atoms with E-state index in [2.05, 4.69) is 5.32 Å². The average Bonchev–Trinajstić information content (AvgIpc) is 2.92. The highest BCUT2D eigenvalue weighted by Crippen LogP contribution is 2.35. The number of rotatable bonds is 10. The number of hydrogen-bond donors (Lipinski definition) is 1. The monoisotopic (exact) mass is 575 g/mol. The first-order valence-electron chi connectivity index (χ1n) is 12.8. The number of benzene rings is 2. The number of carbonyl (C=O) groups is 4. The summed E-state index contributed by atoms with van der Waals surface area (Å²) in [6, 6.07) is 9.78. The molecule has 1 aliphatic rings. The molecule has 0 aliphatic carbocycles. The molecule has 3 rings (SSSR count). The lowest BCUT2D eigenvalue weighted by atomic mass is 9.96. The first-order chi connectivity index (χ1) is 19.3. The SMILES string of the molecule is COc1ccc(C2=CN(C(C)=O)[C@@H](C(C)C)C(=O)N2CC(=O)N[C@@H](Cc2ccccc2)C(=O)C(F)(F)F)cc1OC. The lowest BCUT2D eigenvalue weighted by Gasteiger charge is -2.40. The van der Waals surface area contributed by atoms with Crippen LogP contribution in [0.1, 0.15) is 31.9 Å². The second kappa shape index (κ2) is 12.9. The molecule has 0 bridgehead atoms. The third kappa shape index (κ3) is 7.24. The molecule has 3 amide bonds. The van der Waals surface area contributed by atoms with Crippen LogP contribution in [0.15, 0.2) is 54.7 Å². The quantitative estimate of drug-likeness (QED) is 0.465. The van der Waals surface area contributed by atoms with Gasteiger partial charge in [-0.3, -0.25) is 24.1 Å². The summed E-state index contributed by atoms with van der Waals surface area (Å²) in [4.78, 5) is 54.1. The molecule has 12 heteroatoms. The van der Waals surface area contributed by atoms with Crippen LogP contribution < -0.4 is 14.8 Å². The summed E-state index contributed by atoms with van der Waals surface area (Å²) in [7, 11) is 2.85. The highest BCUT2D eigenvalue weighted by atomic mass is 19.4. The second-order valence-electron chi connectivity index (χ2n) is 9.80. The average molecular weight is 576 g/mol. The van der Waals surface area contributed by atoms with Gasteiger partial charge in [-0.1, -0.05) is 44.2 Å². The van der Waals surface area contributed by atoms with Gasteiger partial charge in [0, 0.05) is 25.1 Å². The molecule has 0 aromatic heterocycles. The number of halogens is 3. The minimum absolute atomic E-state index is 0.139. The maximum Gasteiger partial charge on any atom is 0.452 e. The molecule has 0 unspecified atom stereocenters. The molecule has 2 atom stereocenters. The maximum atomic E-state index is 13.8. The van der Waals surface area contributed by atoms with Crippen molar-refractivity contribution in [3.8, 4) is 11.5 Å². The summed E-state index contributed by atoms with van der Waals surface area (Å²) >= 11 is 0. The van der Waals surface area contributed by atoms with Gasteiger partial charge in [0.2, 0.25) is 11.8 Å².